The third-order valence-electron chi connectivity index (χ3n) is 2.91. The predicted octanol–water partition coefficient (Wildman–Crippen LogP) is 2.51. The molecule has 0 amide bonds. The molecule has 1 aliphatic heterocycles. The number of benzene rings is 1. The van der Waals surface area contributed by atoms with Crippen molar-refractivity contribution in [1.29, 1.82) is 0 Å². The zero-order valence-electron chi connectivity index (χ0n) is 9.65. The van der Waals surface area contributed by atoms with E-state index in [-0.39, 0.29) is 11.9 Å². The molecule has 0 radical (unpaired) electrons. The first-order valence-corrected chi connectivity index (χ1v) is 8.13. The summed E-state index contributed by atoms with van der Waals surface area (Å²) in [6.45, 7) is 2.05. The summed E-state index contributed by atoms with van der Waals surface area (Å²) in [5, 5.41) is 0. The summed E-state index contributed by atoms with van der Waals surface area (Å²) < 4.78 is 27.4. The van der Waals surface area contributed by atoms with Gasteiger partial charge in [-0.2, -0.15) is 0 Å². The summed E-state index contributed by atoms with van der Waals surface area (Å²) >= 11 is 0. The van der Waals surface area contributed by atoms with Crippen molar-refractivity contribution in [2.24, 2.45) is 0 Å². The van der Waals surface area contributed by atoms with Crippen LogP contribution in [0.5, 0.6) is 5.75 Å². The molecule has 2 rings (SSSR count). The van der Waals surface area contributed by atoms with Gasteiger partial charge in [0.2, 0.25) is 9.05 Å². The van der Waals surface area contributed by atoms with E-state index in [0.29, 0.717) is 6.42 Å². The van der Waals surface area contributed by atoms with Crippen molar-refractivity contribution in [2.45, 2.75) is 32.3 Å². The van der Waals surface area contributed by atoms with Crippen molar-refractivity contribution in [1.82, 2.24) is 0 Å². The Balaban J connectivity index is 2.11. The maximum atomic E-state index is 10.9. The van der Waals surface area contributed by atoms with E-state index in [4.69, 9.17) is 15.4 Å². The molecule has 0 N–H and O–H groups in total. The van der Waals surface area contributed by atoms with Crippen LogP contribution in [0, 0.1) is 0 Å². The molecule has 1 aliphatic rings. The van der Waals surface area contributed by atoms with Crippen LogP contribution in [0.4, 0.5) is 0 Å². The molecule has 5 heteroatoms. The summed E-state index contributed by atoms with van der Waals surface area (Å²) in [4.78, 5) is 0. The number of fused-ring (bicyclic) bond motifs is 1. The van der Waals surface area contributed by atoms with Gasteiger partial charge in [-0.25, -0.2) is 8.42 Å². The van der Waals surface area contributed by atoms with Crippen LogP contribution in [0.3, 0.4) is 0 Å². The Morgan fingerprint density at radius 1 is 1.47 bits per heavy atom. The molecule has 1 unspecified atom stereocenters. The van der Waals surface area contributed by atoms with Gasteiger partial charge in [0.15, 0.2) is 0 Å². The molecular weight excluding hydrogens is 260 g/mol. The maximum Gasteiger partial charge on any atom is 0.232 e. The zero-order valence-corrected chi connectivity index (χ0v) is 11.2. The van der Waals surface area contributed by atoms with Gasteiger partial charge in [0.25, 0.3) is 0 Å². The first-order chi connectivity index (χ1) is 7.94. The fraction of sp³-hybridized carbons (Fsp3) is 0.500. The Hall–Kier alpha value is -0.740. The predicted molar refractivity (Wildman–Crippen MR) is 68.2 cm³/mol. The van der Waals surface area contributed by atoms with Crippen molar-refractivity contribution in [3.63, 3.8) is 0 Å². The SMILES string of the molecule is CC1CCc2cc(CCS(=O)(=O)Cl)ccc2O1. The number of hydrogen-bond acceptors (Lipinski definition) is 3. The lowest BCUT2D eigenvalue weighted by Gasteiger charge is -2.23. The molecule has 1 aromatic rings. The van der Waals surface area contributed by atoms with Crippen molar-refractivity contribution >= 4 is 19.7 Å². The van der Waals surface area contributed by atoms with Crippen LogP contribution in [0.25, 0.3) is 0 Å². The monoisotopic (exact) mass is 274 g/mol. The van der Waals surface area contributed by atoms with Crippen molar-refractivity contribution in [3.05, 3.63) is 29.3 Å². The third kappa shape index (κ3) is 3.61. The molecule has 1 aromatic carbocycles. The van der Waals surface area contributed by atoms with Crippen LogP contribution < -0.4 is 4.74 Å². The number of aryl methyl sites for hydroxylation is 2. The molecule has 0 saturated carbocycles. The Morgan fingerprint density at radius 3 is 2.94 bits per heavy atom. The zero-order chi connectivity index (χ0) is 12.5. The van der Waals surface area contributed by atoms with E-state index < -0.39 is 9.05 Å². The van der Waals surface area contributed by atoms with Gasteiger partial charge in [-0.05, 0) is 43.4 Å². The Bertz CT molecular complexity index is 510. The van der Waals surface area contributed by atoms with Crippen LogP contribution in [0.15, 0.2) is 18.2 Å². The van der Waals surface area contributed by atoms with Crippen molar-refractivity contribution in [2.75, 3.05) is 5.75 Å². The molecule has 0 spiro atoms. The van der Waals surface area contributed by atoms with E-state index in [9.17, 15) is 8.42 Å². The minimum Gasteiger partial charge on any atom is -0.490 e. The number of rotatable bonds is 3. The second kappa shape index (κ2) is 4.86. The first-order valence-electron chi connectivity index (χ1n) is 5.65. The first kappa shape index (κ1) is 12.7. The van der Waals surface area contributed by atoms with Crippen molar-refractivity contribution < 1.29 is 13.2 Å². The maximum absolute atomic E-state index is 10.9. The summed E-state index contributed by atoms with van der Waals surface area (Å²) in [7, 11) is 1.78. The summed E-state index contributed by atoms with van der Waals surface area (Å²) in [5.41, 5.74) is 2.15. The van der Waals surface area contributed by atoms with E-state index in [1.165, 1.54) is 0 Å². The molecule has 3 nitrogen and oxygen atoms in total. The number of ether oxygens (including phenoxy) is 1. The fourth-order valence-corrected chi connectivity index (χ4v) is 2.68. The molecule has 0 fully saturated rings. The van der Waals surface area contributed by atoms with Crippen molar-refractivity contribution in [3.8, 4) is 5.75 Å². The molecular formula is C12H15ClO3S. The van der Waals surface area contributed by atoms with Gasteiger partial charge >= 0.3 is 0 Å². The summed E-state index contributed by atoms with van der Waals surface area (Å²) in [6.07, 6.45) is 2.70. The highest BCUT2D eigenvalue weighted by Crippen LogP contribution is 2.28. The molecule has 1 heterocycles. The molecule has 0 aromatic heterocycles. The highest BCUT2D eigenvalue weighted by molar-refractivity contribution is 8.13. The Kier molecular flexibility index (Phi) is 3.64. The van der Waals surface area contributed by atoms with Gasteiger partial charge in [0.05, 0.1) is 11.9 Å². The minimum atomic E-state index is -3.41. The second-order valence-corrected chi connectivity index (χ2v) is 7.30. The van der Waals surface area contributed by atoms with Crippen LogP contribution in [0.1, 0.15) is 24.5 Å². The molecule has 0 saturated heterocycles. The van der Waals surface area contributed by atoms with Crippen LogP contribution in [-0.4, -0.2) is 20.3 Å². The smallest absolute Gasteiger partial charge is 0.232 e. The highest BCUT2D eigenvalue weighted by Gasteiger charge is 2.16. The van der Waals surface area contributed by atoms with E-state index in [1.807, 2.05) is 18.2 Å². The minimum absolute atomic E-state index is 0.0232. The van der Waals surface area contributed by atoms with Gasteiger partial charge < -0.3 is 4.74 Å². The number of hydrogen-bond donors (Lipinski definition) is 0. The lowest BCUT2D eigenvalue weighted by molar-refractivity contribution is 0.192. The van der Waals surface area contributed by atoms with Gasteiger partial charge in [-0.15, -0.1) is 0 Å². The van der Waals surface area contributed by atoms with E-state index in [2.05, 4.69) is 6.92 Å². The lowest BCUT2D eigenvalue weighted by Crippen LogP contribution is -2.18. The van der Waals surface area contributed by atoms with Gasteiger partial charge in [0, 0.05) is 10.7 Å². The second-order valence-electron chi connectivity index (χ2n) is 4.40. The van der Waals surface area contributed by atoms with Crippen LogP contribution >= 0.6 is 10.7 Å². The average Bonchev–Trinajstić information content (AvgIpc) is 2.25. The largest absolute Gasteiger partial charge is 0.490 e. The van der Waals surface area contributed by atoms with Gasteiger partial charge in [-0.1, -0.05) is 12.1 Å². The van der Waals surface area contributed by atoms with E-state index >= 15 is 0 Å². The fourth-order valence-electron chi connectivity index (χ4n) is 1.97. The average molecular weight is 275 g/mol. The molecule has 0 aliphatic carbocycles. The third-order valence-corrected chi connectivity index (χ3v) is 4.06. The molecule has 17 heavy (non-hydrogen) atoms. The van der Waals surface area contributed by atoms with E-state index in [0.717, 1.165) is 29.7 Å². The topological polar surface area (TPSA) is 43.4 Å². The lowest BCUT2D eigenvalue weighted by atomic mass is 10.00. The van der Waals surface area contributed by atoms with Crippen LogP contribution in [-0.2, 0) is 21.9 Å². The summed E-state index contributed by atoms with van der Waals surface area (Å²) in [5.74, 6) is 0.895. The van der Waals surface area contributed by atoms with E-state index in [1.54, 1.807) is 0 Å². The Labute approximate surface area is 106 Å². The normalized spacial score (nSPS) is 19.5. The number of halogens is 1. The van der Waals surface area contributed by atoms with Crippen LogP contribution in [0.2, 0.25) is 0 Å². The summed E-state index contributed by atoms with van der Waals surface area (Å²) in [6, 6.07) is 5.84. The highest BCUT2D eigenvalue weighted by atomic mass is 35.7. The quantitative estimate of drug-likeness (QED) is 0.796. The van der Waals surface area contributed by atoms with Gasteiger partial charge in [-0.3, -0.25) is 0 Å². The molecule has 0 bridgehead atoms. The molecule has 94 valence electrons. The Morgan fingerprint density at radius 2 is 2.24 bits per heavy atom. The van der Waals surface area contributed by atoms with Gasteiger partial charge in [0.1, 0.15) is 5.75 Å². The molecule has 1 atom stereocenters. The standard InChI is InChI=1S/C12H15ClO3S/c1-9-2-4-11-8-10(3-5-12(11)16-9)6-7-17(13,14)15/h3,5,8-9H,2,4,6-7H2,1H3.